The third kappa shape index (κ3) is 7.74. The molecule has 3 rings (SSSR count). The molecule has 190 valence electrons. The van der Waals surface area contributed by atoms with Crippen molar-refractivity contribution in [1.29, 1.82) is 0 Å². The van der Waals surface area contributed by atoms with Gasteiger partial charge in [0.2, 0.25) is 21.8 Å². The second-order valence-electron chi connectivity index (χ2n) is 8.48. The van der Waals surface area contributed by atoms with E-state index in [9.17, 15) is 18.0 Å². The van der Waals surface area contributed by atoms with Crippen molar-refractivity contribution in [3.8, 4) is 0 Å². The van der Waals surface area contributed by atoms with Crippen LogP contribution in [0.5, 0.6) is 0 Å². The molecule has 0 radical (unpaired) electrons. The Kier molecular flexibility index (Phi) is 10.3. The van der Waals surface area contributed by atoms with Gasteiger partial charge >= 0.3 is 0 Å². The van der Waals surface area contributed by atoms with Crippen LogP contribution in [0.3, 0.4) is 0 Å². The van der Waals surface area contributed by atoms with Crippen molar-refractivity contribution in [3.63, 3.8) is 0 Å². The second kappa shape index (κ2) is 13.1. The van der Waals surface area contributed by atoms with Crippen molar-refractivity contribution in [1.82, 2.24) is 19.8 Å². The maximum Gasteiger partial charge on any atom is 0.242 e. The van der Waals surface area contributed by atoms with Gasteiger partial charge in [-0.15, -0.1) is 0 Å². The first kappa shape index (κ1) is 26.6. The number of carbonyl (C=O) groups excluding carboxylic acids is 2. The zero-order chi connectivity index (χ0) is 24.4. The monoisotopic (exact) mass is 496 g/mol. The summed E-state index contributed by atoms with van der Waals surface area (Å²) in [6, 6.07) is 7.20. The van der Waals surface area contributed by atoms with Gasteiger partial charge in [-0.2, -0.15) is 0 Å². The number of amides is 2. The number of benzene rings is 1. The lowest BCUT2D eigenvalue weighted by molar-refractivity contribution is -0.140. The number of hydrogen-bond donors (Lipinski definition) is 2. The second-order valence-corrected chi connectivity index (χ2v) is 10.2. The number of nitrogens with zero attached hydrogens (tertiary/aromatic N) is 2. The fourth-order valence-corrected chi connectivity index (χ4v) is 5.15. The molecule has 2 amide bonds. The predicted molar refractivity (Wildman–Crippen MR) is 127 cm³/mol. The highest BCUT2D eigenvalue weighted by Gasteiger charge is 2.30. The van der Waals surface area contributed by atoms with E-state index in [1.165, 1.54) is 17.0 Å². The fourth-order valence-electron chi connectivity index (χ4n) is 4.15. The summed E-state index contributed by atoms with van der Waals surface area (Å²) >= 11 is 0. The Labute approximate surface area is 202 Å². The Hall–Kier alpha value is -2.05. The molecule has 2 aliphatic heterocycles. The molecule has 2 fully saturated rings. The molecule has 0 aromatic heterocycles. The van der Waals surface area contributed by atoms with Gasteiger partial charge in [0.15, 0.2) is 0 Å². The molecular formula is C23H36N4O6S. The lowest BCUT2D eigenvalue weighted by Crippen LogP contribution is -2.55. The number of hydrogen-bond acceptors (Lipinski definition) is 7. The summed E-state index contributed by atoms with van der Waals surface area (Å²) in [5.74, 6) is -0.689. The largest absolute Gasteiger partial charge is 0.379 e. The standard InChI is InChI=1S/C23H36N4O6S/c1-2-21(23(29)24-17-19-7-6-14-33-19)27(11-10-26-12-15-32-16-13-26)22(28)18-25-34(30,31)20-8-4-3-5-9-20/h3-5,8-9,19,21,25H,2,6-7,10-18H2,1H3,(H,24,29). The van der Waals surface area contributed by atoms with Gasteiger partial charge in [-0.05, 0) is 31.4 Å². The van der Waals surface area contributed by atoms with Crippen LogP contribution in [0.1, 0.15) is 26.2 Å². The molecule has 2 N–H and O–H groups in total. The summed E-state index contributed by atoms with van der Waals surface area (Å²) in [4.78, 5) is 30.0. The first-order chi connectivity index (χ1) is 16.4. The quantitative estimate of drug-likeness (QED) is 0.425. The number of rotatable bonds is 12. The molecule has 0 aliphatic carbocycles. The number of morpholine rings is 1. The zero-order valence-corrected chi connectivity index (χ0v) is 20.6. The first-order valence-electron chi connectivity index (χ1n) is 11.9. The molecule has 2 heterocycles. The van der Waals surface area contributed by atoms with Crippen molar-refractivity contribution in [2.24, 2.45) is 0 Å². The maximum atomic E-state index is 13.2. The third-order valence-electron chi connectivity index (χ3n) is 6.14. The Morgan fingerprint density at radius 3 is 2.56 bits per heavy atom. The smallest absolute Gasteiger partial charge is 0.242 e. The average molecular weight is 497 g/mol. The van der Waals surface area contributed by atoms with Gasteiger partial charge in [0.25, 0.3) is 0 Å². The van der Waals surface area contributed by atoms with E-state index in [-0.39, 0.29) is 16.9 Å². The molecule has 1 aromatic carbocycles. The molecule has 11 heteroatoms. The molecule has 2 atom stereocenters. The number of nitrogens with one attached hydrogen (secondary N) is 2. The van der Waals surface area contributed by atoms with Crippen LogP contribution in [0, 0.1) is 0 Å². The van der Waals surface area contributed by atoms with E-state index in [2.05, 4.69) is 14.9 Å². The Balaban J connectivity index is 1.65. The van der Waals surface area contributed by atoms with Gasteiger partial charge < -0.3 is 19.7 Å². The third-order valence-corrected chi connectivity index (χ3v) is 7.56. The van der Waals surface area contributed by atoms with Crippen molar-refractivity contribution >= 4 is 21.8 Å². The Morgan fingerprint density at radius 2 is 1.91 bits per heavy atom. The summed E-state index contributed by atoms with van der Waals surface area (Å²) < 4.78 is 38.5. The van der Waals surface area contributed by atoms with Crippen molar-refractivity contribution < 1.29 is 27.5 Å². The van der Waals surface area contributed by atoms with E-state index in [1.54, 1.807) is 18.2 Å². The van der Waals surface area contributed by atoms with Gasteiger partial charge in [-0.25, -0.2) is 13.1 Å². The molecular weight excluding hydrogens is 460 g/mol. The molecule has 2 saturated heterocycles. The normalized spacial score (nSPS) is 20.1. The SMILES string of the molecule is CCC(C(=O)NCC1CCCO1)N(CCN1CCOCC1)C(=O)CNS(=O)(=O)c1ccccc1. The van der Waals surface area contributed by atoms with Crippen LogP contribution in [0.25, 0.3) is 0 Å². The zero-order valence-electron chi connectivity index (χ0n) is 19.8. The van der Waals surface area contributed by atoms with Crippen LogP contribution in [0.15, 0.2) is 35.2 Å². The average Bonchev–Trinajstić information content (AvgIpc) is 3.38. The minimum Gasteiger partial charge on any atom is -0.379 e. The lowest BCUT2D eigenvalue weighted by Gasteiger charge is -2.34. The Morgan fingerprint density at radius 1 is 1.18 bits per heavy atom. The highest BCUT2D eigenvalue weighted by atomic mass is 32.2. The number of carbonyl (C=O) groups is 2. The summed E-state index contributed by atoms with van der Waals surface area (Å²) in [5, 5.41) is 2.92. The van der Waals surface area contributed by atoms with Gasteiger partial charge in [0.1, 0.15) is 6.04 Å². The van der Waals surface area contributed by atoms with Crippen LogP contribution in [-0.2, 0) is 29.1 Å². The van der Waals surface area contributed by atoms with E-state index in [4.69, 9.17) is 9.47 Å². The van der Waals surface area contributed by atoms with E-state index >= 15 is 0 Å². The summed E-state index contributed by atoms with van der Waals surface area (Å²) in [5.41, 5.74) is 0. The molecule has 0 spiro atoms. The van der Waals surface area contributed by atoms with Crippen molar-refractivity contribution in [2.75, 3.05) is 59.1 Å². The minimum atomic E-state index is -3.84. The number of sulfonamides is 1. The molecule has 2 aliphatic rings. The lowest BCUT2D eigenvalue weighted by atomic mass is 10.1. The van der Waals surface area contributed by atoms with Crippen LogP contribution in [0.2, 0.25) is 0 Å². The highest BCUT2D eigenvalue weighted by Crippen LogP contribution is 2.12. The maximum absolute atomic E-state index is 13.2. The Bertz CT molecular complexity index is 886. The molecule has 0 bridgehead atoms. The van der Waals surface area contributed by atoms with Gasteiger partial charge in [-0.1, -0.05) is 25.1 Å². The van der Waals surface area contributed by atoms with Crippen molar-refractivity contribution in [2.45, 2.75) is 43.2 Å². The summed E-state index contributed by atoms with van der Waals surface area (Å²) in [7, 11) is -3.84. The van der Waals surface area contributed by atoms with Gasteiger partial charge in [0.05, 0.1) is 30.8 Å². The molecule has 1 aromatic rings. The van der Waals surface area contributed by atoms with E-state index < -0.39 is 28.5 Å². The van der Waals surface area contributed by atoms with Crippen molar-refractivity contribution in [3.05, 3.63) is 30.3 Å². The van der Waals surface area contributed by atoms with Gasteiger partial charge in [0, 0.05) is 39.3 Å². The summed E-state index contributed by atoms with van der Waals surface area (Å²) in [6.07, 6.45) is 2.29. The molecule has 34 heavy (non-hydrogen) atoms. The van der Waals surface area contributed by atoms with Crippen LogP contribution in [0.4, 0.5) is 0 Å². The van der Waals surface area contributed by atoms with Gasteiger partial charge in [-0.3, -0.25) is 14.5 Å². The fraction of sp³-hybridized carbons (Fsp3) is 0.652. The first-order valence-corrected chi connectivity index (χ1v) is 13.4. The molecule has 0 saturated carbocycles. The van der Waals surface area contributed by atoms with E-state index in [0.29, 0.717) is 45.9 Å². The molecule has 10 nitrogen and oxygen atoms in total. The summed E-state index contributed by atoms with van der Waals surface area (Å²) in [6.45, 7) is 6.19. The van der Waals surface area contributed by atoms with E-state index in [0.717, 1.165) is 25.9 Å². The minimum absolute atomic E-state index is 0.00311. The van der Waals surface area contributed by atoms with E-state index in [1.807, 2.05) is 6.92 Å². The topological polar surface area (TPSA) is 117 Å². The van der Waals surface area contributed by atoms with Crippen LogP contribution < -0.4 is 10.0 Å². The number of ether oxygens (including phenoxy) is 2. The van der Waals surface area contributed by atoms with Crippen LogP contribution in [-0.4, -0.2) is 101 Å². The highest BCUT2D eigenvalue weighted by molar-refractivity contribution is 7.89. The van der Waals surface area contributed by atoms with Crippen LogP contribution >= 0.6 is 0 Å². The predicted octanol–water partition coefficient (Wildman–Crippen LogP) is 0.200. The molecule has 2 unspecified atom stereocenters.